The second-order valence-corrected chi connectivity index (χ2v) is 4.31. The van der Waals surface area contributed by atoms with Crippen LogP contribution in [0.3, 0.4) is 0 Å². The van der Waals surface area contributed by atoms with Gasteiger partial charge in [0.2, 0.25) is 0 Å². The molecule has 0 aliphatic carbocycles. The van der Waals surface area contributed by atoms with Crippen LogP contribution in [0.5, 0.6) is 0 Å². The maximum atomic E-state index is 11.4. The van der Waals surface area contributed by atoms with Gasteiger partial charge >= 0.3 is 12.0 Å². The average molecular weight is 251 g/mol. The molecule has 0 saturated heterocycles. The van der Waals surface area contributed by atoms with Gasteiger partial charge in [0.1, 0.15) is 5.69 Å². The number of aromatic carboxylic acids is 1. The molecule has 0 bridgehead atoms. The van der Waals surface area contributed by atoms with E-state index in [9.17, 15) is 9.59 Å². The Hall–Kier alpha value is -2.11. The van der Waals surface area contributed by atoms with Gasteiger partial charge < -0.3 is 15.7 Å². The minimum atomic E-state index is -1.07. The molecule has 6 nitrogen and oxygen atoms in total. The van der Waals surface area contributed by atoms with E-state index in [1.165, 1.54) is 12.3 Å². The minimum absolute atomic E-state index is 0.0111. The Kier molecular flexibility index (Phi) is 5.10. The van der Waals surface area contributed by atoms with E-state index in [-0.39, 0.29) is 11.7 Å². The van der Waals surface area contributed by atoms with Crippen LogP contribution in [0.25, 0.3) is 0 Å². The zero-order valence-corrected chi connectivity index (χ0v) is 10.4. The maximum absolute atomic E-state index is 11.4. The molecule has 0 unspecified atom stereocenters. The molecular formula is C12H17N3O3. The van der Waals surface area contributed by atoms with Crippen LogP contribution in [0.2, 0.25) is 0 Å². The summed E-state index contributed by atoms with van der Waals surface area (Å²) < 4.78 is 0. The number of hydrogen-bond donors (Lipinski definition) is 3. The molecule has 98 valence electrons. The summed E-state index contributed by atoms with van der Waals surface area (Å²) in [7, 11) is 0. The van der Waals surface area contributed by atoms with Gasteiger partial charge in [-0.2, -0.15) is 0 Å². The van der Waals surface area contributed by atoms with Crippen LogP contribution < -0.4 is 10.6 Å². The van der Waals surface area contributed by atoms with E-state index in [4.69, 9.17) is 5.11 Å². The molecule has 0 aliphatic rings. The number of pyridine rings is 1. The van der Waals surface area contributed by atoms with Crippen LogP contribution in [-0.4, -0.2) is 28.6 Å². The average Bonchev–Trinajstić information content (AvgIpc) is 2.34. The molecule has 0 radical (unpaired) electrons. The summed E-state index contributed by atoms with van der Waals surface area (Å²) in [5.41, 5.74) is 0.739. The number of carboxylic acid groups (broad SMARTS) is 1. The first-order valence-electron chi connectivity index (χ1n) is 5.69. The van der Waals surface area contributed by atoms with Crippen molar-refractivity contribution in [1.82, 2.24) is 15.6 Å². The van der Waals surface area contributed by atoms with Crippen molar-refractivity contribution in [3.8, 4) is 0 Å². The molecular weight excluding hydrogens is 234 g/mol. The number of carbonyl (C=O) groups excluding carboxylic acids is 1. The lowest BCUT2D eigenvalue weighted by atomic mass is 10.2. The van der Waals surface area contributed by atoms with Crippen molar-refractivity contribution in [3.63, 3.8) is 0 Å². The van der Waals surface area contributed by atoms with Gasteiger partial charge in [-0.3, -0.25) is 0 Å². The standard InChI is InChI=1S/C12H17N3O3/c1-8(2)5-14-12(18)15-7-9-3-4-10(11(16)17)13-6-9/h3-4,6,8H,5,7H2,1-2H3,(H,16,17)(H2,14,15,18). The third-order valence-electron chi connectivity index (χ3n) is 2.17. The molecule has 0 atom stereocenters. The molecule has 0 spiro atoms. The Morgan fingerprint density at radius 2 is 2.06 bits per heavy atom. The highest BCUT2D eigenvalue weighted by Crippen LogP contribution is 2.00. The first-order chi connectivity index (χ1) is 8.49. The van der Waals surface area contributed by atoms with E-state index in [1.54, 1.807) is 6.07 Å². The molecule has 1 aromatic heterocycles. The molecule has 0 fully saturated rings. The van der Waals surface area contributed by atoms with Crippen molar-refractivity contribution in [2.75, 3.05) is 6.54 Å². The second-order valence-electron chi connectivity index (χ2n) is 4.31. The summed E-state index contributed by atoms with van der Waals surface area (Å²) in [6, 6.07) is 2.79. The maximum Gasteiger partial charge on any atom is 0.354 e. The monoisotopic (exact) mass is 251 g/mol. The predicted octanol–water partition coefficient (Wildman–Crippen LogP) is 1.23. The van der Waals surface area contributed by atoms with Crippen molar-refractivity contribution in [2.24, 2.45) is 5.92 Å². The molecule has 0 aliphatic heterocycles. The van der Waals surface area contributed by atoms with Crippen LogP contribution in [0.4, 0.5) is 4.79 Å². The zero-order chi connectivity index (χ0) is 13.5. The molecule has 1 rings (SSSR count). The van der Waals surface area contributed by atoms with Gasteiger partial charge in [0.25, 0.3) is 0 Å². The number of hydrogen-bond acceptors (Lipinski definition) is 3. The molecule has 6 heteroatoms. The Morgan fingerprint density at radius 3 is 2.56 bits per heavy atom. The third-order valence-corrected chi connectivity index (χ3v) is 2.17. The van der Waals surface area contributed by atoms with Crippen LogP contribution in [0, 0.1) is 5.92 Å². The summed E-state index contributed by atoms with van der Waals surface area (Å²) in [5.74, 6) is -0.670. The lowest BCUT2D eigenvalue weighted by Crippen LogP contribution is -2.37. The molecule has 2 amide bonds. The normalized spacial score (nSPS) is 10.2. The predicted molar refractivity (Wildman–Crippen MR) is 66.3 cm³/mol. The van der Waals surface area contributed by atoms with Crippen molar-refractivity contribution < 1.29 is 14.7 Å². The van der Waals surface area contributed by atoms with Gasteiger partial charge in [0.05, 0.1) is 0 Å². The summed E-state index contributed by atoms with van der Waals surface area (Å²) in [5, 5.41) is 14.1. The Morgan fingerprint density at radius 1 is 1.33 bits per heavy atom. The Balaban J connectivity index is 2.39. The quantitative estimate of drug-likeness (QED) is 0.734. The molecule has 0 aromatic carbocycles. The van der Waals surface area contributed by atoms with Gasteiger partial charge in [-0.05, 0) is 17.5 Å². The lowest BCUT2D eigenvalue weighted by Gasteiger charge is -2.09. The van der Waals surface area contributed by atoms with E-state index < -0.39 is 5.97 Å². The number of aromatic nitrogens is 1. The zero-order valence-electron chi connectivity index (χ0n) is 10.4. The molecule has 18 heavy (non-hydrogen) atoms. The number of nitrogens with zero attached hydrogens (tertiary/aromatic N) is 1. The number of carboxylic acids is 1. The molecule has 0 saturated carbocycles. The fourth-order valence-corrected chi connectivity index (χ4v) is 1.20. The van der Waals surface area contributed by atoms with E-state index in [0.717, 1.165) is 5.56 Å². The summed E-state index contributed by atoms with van der Waals surface area (Å²) in [6.07, 6.45) is 1.44. The third kappa shape index (κ3) is 4.82. The summed E-state index contributed by atoms with van der Waals surface area (Å²) in [4.78, 5) is 25.7. The smallest absolute Gasteiger partial charge is 0.354 e. The Labute approximate surface area is 105 Å². The van der Waals surface area contributed by atoms with Crippen molar-refractivity contribution in [2.45, 2.75) is 20.4 Å². The van der Waals surface area contributed by atoms with E-state index >= 15 is 0 Å². The topological polar surface area (TPSA) is 91.3 Å². The fraction of sp³-hybridized carbons (Fsp3) is 0.417. The highest BCUT2D eigenvalue weighted by Gasteiger charge is 2.05. The Bertz CT molecular complexity index is 415. The van der Waals surface area contributed by atoms with Crippen LogP contribution in [-0.2, 0) is 6.54 Å². The van der Waals surface area contributed by atoms with Crippen LogP contribution >= 0.6 is 0 Å². The van der Waals surface area contributed by atoms with Gasteiger partial charge in [-0.1, -0.05) is 19.9 Å². The first-order valence-corrected chi connectivity index (χ1v) is 5.69. The van der Waals surface area contributed by atoms with E-state index in [2.05, 4.69) is 15.6 Å². The van der Waals surface area contributed by atoms with E-state index in [0.29, 0.717) is 19.0 Å². The van der Waals surface area contributed by atoms with E-state index in [1.807, 2.05) is 13.8 Å². The molecule has 1 aromatic rings. The lowest BCUT2D eigenvalue weighted by molar-refractivity contribution is 0.0690. The van der Waals surface area contributed by atoms with Gasteiger partial charge in [-0.25, -0.2) is 14.6 Å². The number of rotatable bonds is 5. The molecule has 3 N–H and O–H groups in total. The highest BCUT2D eigenvalue weighted by atomic mass is 16.4. The van der Waals surface area contributed by atoms with Crippen LogP contribution in [0.1, 0.15) is 29.9 Å². The summed E-state index contributed by atoms with van der Waals surface area (Å²) in [6.45, 7) is 4.95. The number of nitrogens with one attached hydrogen (secondary N) is 2. The number of urea groups is 1. The van der Waals surface area contributed by atoms with Gasteiger partial charge in [0.15, 0.2) is 0 Å². The van der Waals surface area contributed by atoms with Crippen molar-refractivity contribution >= 4 is 12.0 Å². The highest BCUT2D eigenvalue weighted by molar-refractivity contribution is 5.85. The van der Waals surface area contributed by atoms with Crippen molar-refractivity contribution in [1.29, 1.82) is 0 Å². The number of carbonyl (C=O) groups is 2. The van der Waals surface area contributed by atoms with Crippen molar-refractivity contribution in [3.05, 3.63) is 29.6 Å². The molecule has 1 heterocycles. The van der Waals surface area contributed by atoms with Crippen LogP contribution in [0.15, 0.2) is 18.3 Å². The number of amides is 2. The fourth-order valence-electron chi connectivity index (χ4n) is 1.20. The first kappa shape index (κ1) is 14.0. The SMILES string of the molecule is CC(C)CNC(=O)NCc1ccc(C(=O)O)nc1. The largest absolute Gasteiger partial charge is 0.477 e. The van der Waals surface area contributed by atoms with Gasteiger partial charge in [0, 0.05) is 19.3 Å². The second kappa shape index (κ2) is 6.58. The minimum Gasteiger partial charge on any atom is -0.477 e. The van der Waals surface area contributed by atoms with Gasteiger partial charge in [-0.15, -0.1) is 0 Å². The summed E-state index contributed by atoms with van der Waals surface area (Å²) >= 11 is 0.